The second-order valence-electron chi connectivity index (χ2n) is 7.93. The molecule has 2 aromatic carbocycles. The number of rotatable bonds is 9. The first-order valence-electron chi connectivity index (χ1n) is 10.6. The molecule has 0 saturated carbocycles. The summed E-state index contributed by atoms with van der Waals surface area (Å²) in [6.07, 6.45) is 1.64. The van der Waals surface area contributed by atoms with Gasteiger partial charge in [-0.05, 0) is 41.3 Å². The number of benzene rings is 2. The van der Waals surface area contributed by atoms with E-state index in [1.807, 2.05) is 24.3 Å². The molecule has 0 radical (unpaired) electrons. The second-order valence-corrected chi connectivity index (χ2v) is 7.93. The molecule has 1 saturated heterocycles. The minimum absolute atomic E-state index is 0.0724. The molecule has 3 rings (SSSR count). The molecular weight excluding hydrogens is 406 g/mol. The van der Waals surface area contributed by atoms with Crippen molar-refractivity contribution in [2.45, 2.75) is 25.8 Å². The van der Waals surface area contributed by atoms with Gasteiger partial charge in [0.05, 0.1) is 18.2 Å². The van der Waals surface area contributed by atoms with Crippen molar-refractivity contribution in [1.29, 1.82) is 0 Å². The molecule has 0 aromatic heterocycles. The van der Waals surface area contributed by atoms with Crippen LogP contribution in [0.3, 0.4) is 0 Å². The molecule has 1 aliphatic heterocycles. The van der Waals surface area contributed by atoms with Crippen molar-refractivity contribution < 1.29 is 24.2 Å². The number of methoxy groups -OCH3 is 1. The summed E-state index contributed by atoms with van der Waals surface area (Å²) in [6.45, 7) is 8.70. The first-order valence-corrected chi connectivity index (χ1v) is 10.6. The highest BCUT2D eigenvalue weighted by molar-refractivity contribution is 6.46. The number of likely N-dealkylation sites (tertiary alicyclic amines) is 1. The molecule has 168 valence electrons. The van der Waals surface area contributed by atoms with Gasteiger partial charge in [0.25, 0.3) is 11.7 Å². The Morgan fingerprint density at radius 1 is 1.12 bits per heavy atom. The number of amides is 1. The van der Waals surface area contributed by atoms with Crippen molar-refractivity contribution in [3.63, 3.8) is 0 Å². The zero-order chi connectivity index (χ0) is 23.3. The SMILES string of the molecule is C=CCOc1ccc(C(O)=C2C(=O)C(=O)N(CCOC)[C@@H]2c2ccc(C(C)C)cc2)cc1. The van der Waals surface area contributed by atoms with Crippen molar-refractivity contribution in [2.75, 3.05) is 26.9 Å². The Morgan fingerprint density at radius 3 is 2.34 bits per heavy atom. The van der Waals surface area contributed by atoms with Crippen LogP contribution in [0.1, 0.15) is 42.5 Å². The van der Waals surface area contributed by atoms with Gasteiger partial charge < -0.3 is 19.5 Å². The molecule has 0 spiro atoms. The van der Waals surface area contributed by atoms with E-state index in [0.717, 1.165) is 11.1 Å². The summed E-state index contributed by atoms with van der Waals surface area (Å²) in [7, 11) is 1.54. The van der Waals surface area contributed by atoms with Crippen LogP contribution in [0.5, 0.6) is 5.75 Å². The highest BCUT2D eigenvalue weighted by atomic mass is 16.5. The number of aliphatic hydroxyl groups excluding tert-OH is 1. The standard InChI is InChI=1S/C26H29NO5/c1-5-15-32-21-12-10-20(11-13-21)24(28)22-23(19-8-6-18(7-9-19)17(2)3)27(14-16-31-4)26(30)25(22)29/h5-13,17,23,28H,1,14-16H2,2-4H3/t23-/m1/s1. The molecule has 6 nitrogen and oxygen atoms in total. The van der Waals surface area contributed by atoms with Gasteiger partial charge in [0.15, 0.2) is 0 Å². The van der Waals surface area contributed by atoms with E-state index in [9.17, 15) is 14.7 Å². The van der Waals surface area contributed by atoms with Crippen molar-refractivity contribution in [3.05, 3.63) is 83.4 Å². The number of ketones is 1. The van der Waals surface area contributed by atoms with E-state index in [4.69, 9.17) is 9.47 Å². The van der Waals surface area contributed by atoms with E-state index in [1.54, 1.807) is 37.5 Å². The number of aliphatic hydroxyl groups is 1. The number of ether oxygens (including phenoxy) is 2. The number of nitrogens with zero attached hydrogens (tertiary/aromatic N) is 1. The number of hydrogen-bond donors (Lipinski definition) is 1. The summed E-state index contributed by atoms with van der Waals surface area (Å²) in [5, 5.41) is 11.1. The lowest BCUT2D eigenvalue weighted by Gasteiger charge is -2.25. The van der Waals surface area contributed by atoms with Crippen LogP contribution in [0.4, 0.5) is 0 Å². The number of Topliss-reactive ketones (excluding diaryl/α,β-unsaturated/α-hetero) is 1. The maximum absolute atomic E-state index is 13.0. The minimum atomic E-state index is -0.705. The first-order chi connectivity index (χ1) is 15.4. The molecular formula is C26H29NO5. The van der Waals surface area contributed by atoms with Crippen LogP contribution in [-0.4, -0.2) is 48.6 Å². The molecule has 1 fully saturated rings. The summed E-state index contributed by atoms with van der Waals surface area (Å²) in [6, 6.07) is 13.8. The predicted octanol–water partition coefficient (Wildman–Crippen LogP) is 4.44. The fraction of sp³-hybridized carbons (Fsp3) is 0.308. The van der Waals surface area contributed by atoms with Gasteiger partial charge in [-0.3, -0.25) is 9.59 Å². The van der Waals surface area contributed by atoms with Crippen LogP contribution in [-0.2, 0) is 14.3 Å². The van der Waals surface area contributed by atoms with Crippen LogP contribution in [0.25, 0.3) is 5.76 Å². The Labute approximate surface area is 188 Å². The van der Waals surface area contributed by atoms with Crippen molar-refractivity contribution in [2.24, 2.45) is 0 Å². The van der Waals surface area contributed by atoms with Crippen LogP contribution < -0.4 is 4.74 Å². The average Bonchev–Trinajstić information content (AvgIpc) is 3.06. The van der Waals surface area contributed by atoms with Gasteiger partial charge >= 0.3 is 0 Å². The van der Waals surface area contributed by atoms with Gasteiger partial charge in [0.2, 0.25) is 0 Å². The maximum Gasteiger partial charge on any atom is 0.295 e. The monoisotopic (exact) mass is 435 g/mol. The molecule has 1 atom stereocenters. The zero-order valence-electron chi connectivity index (χ0n) is 18.7. The Balaban J connectivity index is 2.06. The van der Waals surface area contributed by atoms with E-state index < -0.39 is 17.7 Å². The lowest BCUT2D eigenvalue weighted by Crippen LogP contribution is -2.32. The largest absolute Gasteiger partial charge is 0.507 e. The molecule has 32 heavy (non-hydrogen) atoms. The quantitative estimate of drug-likeness (QED) is 0.273. The molecule has 1 heterocycles. The third kappa shape index (κ3) is 4.75. The van der Waals surface area contributed by atoms with Crippen molar-refractivity contribution in [3.8, 4) is 5.75 Å². The Hall–Kier alpha value is -3.38. The van der Waals surface area contributed by atoms with Gasteiger partial charge in [-0.15, -0.1) is 0 Å². The first kappa shape index (κ1) is 23.3. The molecule has 1 aliphatic rings. The molecule has 0 aliphatic carbocycles. The van der Waals surface area contributed by atoms with E-state index in [1.165, 1.54) is 4.90 Å². The fourth-order valence-electron chi connectivity index (χ4n) is 3.73. The van der Waals surface area contributed by atoms with E-state index in [2.05, 4.69) is 20.4 Å². The second kappa shape index (κ2) is 10.3. The van der Waals surface area contributed by atoms with E-state index in [0.29, 0.717) is 23.8 Å². The van der Waals surface area contributed by atoms with E-state index >= 15 is 0 Å². The van der Waals surface area contributed by atoms with Crippen molar-refractivity contribution >= 4 is 17.4 Å². The summed E-state index contributed by atoms with van der Waals surface area (Å²) >= 11 is 0. The summed E-state index contributed by atoms with van der Waals surface area (Å²) in [4.78, 5) is 27.3. The number of carbonyl (C=O) groups excluding carboxylic acids is 2. The minimum Gasteiger partial charge on any atom is -0.507 e. The third-order valence-corrected chi connectivity index (χ3v) is 5.49. The third-order valence-electron chi connectivity index (χ3n) is 5.49. The summed E-state index contributed by atoms with van der Waals surface area (Å²) < 4.78 is 10.6. The molecule has 1 N–H and O–H groups in total. The zero-order valence-corrected chi connectivity index (χ0v) is 18.7. The van der Waals surface area contributed by atoms with Gasteiger partial charge in [0.1, 0.15) is 18.1 Å². The van der Waals surface area contributed by atoms with Gasteiger partial charge in [-0.25, -0.2) is 0 Å². The Morgan fingerprint density at radius 2 is 1.78 bits per heavy atom. The van der Waals surface area contributed by atoms with Gasteiger partial charge in [-0.1, -0.05) is 50.8 Å². The predicted molar refractivity (Wildman–Crippen MR) is 124 cm³/mol. The molecule has 6 heteroatoms. The molecule has 1 amide bonds. The van der Waals surface area contributed by atoms with Crippen LogP contribution >= 0.6 is 0 Å². The Kier molecular flexibility index (Phi) is 7.49. The molecule has 0 bridgehead atoms. The molecule has 2 aromatic rings. The van der Waals surface area contributed by atoms with E-state index in [-0.39, 0.29) is 24.5 Å². The van der Waals surface area contributed by atoms with Gasteiger partial charge in [0, 0.05) is 19.2 Å². The van der Waals surface area contributed by atoms with Crippen LogP contribution in [0, 0.1) is 0 Å². The lowest BCUT2D eigenvalue weighted by atomic mass is 9.93. The van der Waals surface area contributed by atoms with Gasteiger partial charge in [-0.2, -0.15) is 0 Å². The molecule has 0 unspecified atom stereocenters. The number of hydrogen-bond acceptors (Lipinski definition) is 5. The van der Waals surface area contributed by atoms with Crippen LogP contribution in [0.2, 0.25) is 0 Å². The summed E-state index contributed by atoms with van der Waals surface area (Å²) in [5.74, 6) is -0.596. The highest BCUT2D eigenvalue weighted by Crippen LogP contribution is 2.39. The Bertz CT molecular complexity index is 1010. The normalized spacial score (nSPS) is 17.8. The maximum atomic E-state index is 13.0. The lowest BCUT2D eigenvalue weighted by molar-refractivity contribution is -0.140. The number of carbonyl (C=O) groups is 2. The van der Waals surface area contributed by atoms with Crippen LogP contribution in [0.15, 0.2) is 66.8 Å². The smallest absolute Gasteiger partial charge is 0.295 e. The average molecular weight is 436 g/mol. The highest BCUT2D eigenvalue weighted by Gasteiger charge is 2.45. The summed E-state index contributed by atoms with van der Waals surface area (Å²) in [5.41, 5.74) is 2.42. The fourth-order valence-corrected chi connectivity index (χ4v) is 3.73. The van der Waals surface area contributed by atoms with Crippen molar-refractivity contribution in [1.82, 2.24) is 4.90 Å². The topological polar surface area (TPSA) is 76.1 Å².